The zero-order valence-electron chi connectivity index (χ0n) is 14.4. The summed E-state index contributed by atoms with van der Waals surface area (Å²) in [5, 5.41) is 1.00. The molecule has 0 saturated carbocycles. The van der Waals surface area contributed by atoms with E-state index in [4.69, 9.17) is 27.6 Å². The fourth-order valence-corrected chi connectivity index (χ4v) is 4.23. The minimum atomic E-state index is -0.392. The van der Waals surface area contributed by atoms with Gasteiger partial charge in [0.1, 0.15) is 5.76 Å². The first-order valence-electron chi connectivity index (χ1n) is 8.34. The Kier molecular flexibility index (Phi) is 5.31. The van der Waals surface area contributed by atoms with E-state index in [-0.39, 0.29) is 5.91 Å². The van der Waals surface area contributed by atoms with Crippen LogP contribution in [0.3, 0.4) is 0 Å². The van der Waals surface area contributed by atoms with Crippen molar-refractivity contribution in [3.05, 3.63) is 93.2 Å². The summed E-state index contributed by atoms with van der Waals surface area (Å²) in [4.78, 5) is 27.9. The Labute approximate surface area is 175 Å². The maximum atomic E-state index is 13.2. The van der Waals surface area contributed by atoms with Crippen LogP contribution in [0.1, 0.15) is 11.3 Å². The number of amides is 2. The fraction of sp³-hybridized carbons (Fsp3) is 0.0476. The minimum Gasteiger partial charge on any atom is -0.468 e. The van der Waals surface area contributed by atoms with Gasteiger partial charge in [-0.25, -0.2) is 4.90 Å². The van der Waals surface area contributed by atoms with E-state index >= 15 is 0 Å². The topological polar surface area (TPSA) is 50.5 Å². The van der Waals surface area contributed by atoms with Gasteiger partial charge in [-0.3, -0.25) is 9.59 Å². The molecule has 0 aliphatic carbocycles. The molecule has 0 unspecified atom stereocenters. The average Bonchev–Trinajstić information content (AvgIpc) is 3.27. The molecule has 2 aromatic carbocycles. The van der Waals surface area contributed by atoms with Gasteiger partial charge in [0.05, 0.1) is 28.2 Å². The number of thioether (sulfide) groups is 1. The van der Waals surface area contributed by atoms with Crippen LogP contribution in [0.25, 0.3) is 5.57 Å². The van der Waals surface area contributed by atoms with E-state index in [1.54, 1.807) is 60.9 Å². The van der Waals surface area contributed by atoms with Gasteiger partial charge in [-0.2, -0.15) is 0 Å². The molecule has 1 aliphatic heterocycles. The number of hydrogen-bond acceptors (Lipinski definition) is 4. The molecule has 0 spiro atoms. The van der Waals surface area contributed by atoms with Gasteiger partial charge in [0.2, 0.25) is 0 Å². The largest absolute Gasteiger partial charge is 0.468 e. The van der Waals surface area contributed by atoms with Gasteiger partial charge >= 0.3 is 0 Å². The molecule has 3 aromatic rings. The van der Waals surface area contributed by atoms with Crippen LogP contribution in [0.2, 0.25) is 10.0 Å². The lowest BCUT2D eigenvalue weighted by Crippen LogP contribution is -2.31. The van der Waals surface area contributed by atoms with Gasteiger partial charge in [-0.15, -0.1) is 11.8 Å². The quantitative estimate of drug-likeness (QED) is 0.480. The lowest BCUT2D eigenvalue weighted by atomic mass is 10.1. The number of benzene rings is 2. The van der Waals surface area contributed by atoms with Crippen LogP contribution in [0.4, 0.5) is 5.69 Å². The van der Waals surface area contributed by atoms with Crippen molar-refractivity contribution in [3.8, 4) is 0 Å². The van der Waals surface area contributed by atoms with Crippen LogP contribution in [0.5, 0.6) is 0 Å². The molecule has 0 radical (unpaired) electrons. The summed E-state index contributed by atoms with van der Waals surface area (Å²) in [6, 6.07) is 17.1. The Morgan fingerprint density at radius 1 is 0.893 bits per heavy atom. The van der Waals surface area contributed by atoms with E-state index in [0.717, 1.165) is 10.7 Å². The van der Waals surface area contributed by atoms with Crippen LogP contribution >= 0.6 is 35.0 Å². The molecular weight excluding hydrogens is 417 g/mol. The van der Waals surface area contributed by atoms with Gasteiger partial charge in [0.25, 0.3) is 11.8 Å². The molecular formula is C21H13Cl2NO3S. The second-order valence-corrected chi connectivity index (χ2v) is 7.86. The molecule has 0 atom stereocenters. The first-order chi connectivity index (χ1) is 13.5. The predicted molar refractivity (Wildman–Crippen MR) is 112 cm³/mol. The lowest BCUT2D eigenvalue weighted by molar-refractivity contribution is -0.119. The van der Waals surface area contributed by atoms with Gasteiger partial charge < -0.3 is 4.42 Å². The minimum absolute atomic E-state index is 0.346. The second-order valence-electron chi connectivity index (χ2n) is 6.00. The summed E-state index contributed by atoms with van der Waals surface area (Å²) in [5.41, 5.74) is 1.41. The first kappa shape index (κ1) is 18.9. The Balaban J connectivity index is 1.76. The first-order valence-corrected chi connectivity index (χ1v) is 10.1. The van der Waals surface area contributed by atoms with Crippen LogP contribution in [0.15, 0.2) is 76.2 Å². The van der Waals surface area contributed by atoms with E-state index in [2.05, 4.69) is 0 Å². The molecule has 7 heteroatoms. The normalized spacial score (nSPS) is 14.3. The van der Waals surface area contributed by atoms with Gasteiger partial charge in [-0.1, -0.05) is 41.4 Å². The Hall–Kier alpha value is -2.47. The molecule has 28 heavy (non-hydrogen) atoms. The highest BCUT2D eigenvalue weighted by Crippen LogP contribution is 2.40. The van der Waals surface area contributed by atoms with Crippen LogP contribution < -0.4 is 4.90 Å². The van der Waals surface area contributed by atoms with Crippen molar-refractivity contribution in [2.75, 3.05) is 4.90 Å². The molecule has 0 saturated heterocycles. The molecule has 140 valence electrons. The summed E-state index contributed by atoms with van der Waals surface area (Å²) < 4.78 is 5.35. The van der Waals surface area contributed by atoms with E-state index in [0.29, 0.717) is 37.5 Å². The molecule has 0 bridgehead atoms. The van der Waals surface area contributed by atoms with Crippen LogP contribution in [0, 0.1) is 0 Å². The molecule has 2 amide bonds. The highest BCUT2D eigenvalue weighted by atomic mass is 35.5. The third-order valence-corrected chi connectivity index (χ3v) is 5.76. The van der Waals surface area contributed by atoms with Crippen molar-refractivity contribution in [1.29, 1.82) is 0 Å². The van der Waals surface area contributed by atoms with Crippen molar-refractivity contribution in [1.82, 2.24) is 0 Å². The fourth-order valence-electron chi connectivity index (χ4n) is 2.90. The Morgan fingerprint density at radius 2 is 1.68 bits per heavy atom. The molecule has 4 nitrogen and oxygen atoms in total. The van der Waals surface area contributed by atoms with Crippen molar-refractivity contribution in [2.24, 2.45) is 0 Å². The highest BCUT2D eigenvalue weighted by molar-refractivity contribution is 8.03. The van der Waals surface area contributed by atoms with Gasteiger partial charge in [-0.05, 0) is 48.0 Å². The van der Waals surface area contributed by atoms with Gasteiger partial charge in [0, 0.05) is 10.0 Å². The lowest BCUT2D eigenvalue weighted by Gasteiger charge is -2.15. The maximum absolute atomic E-state index is 13.2. The van der Waals surface area contributed by atoms with Gasteiger partial charge in [0.15, 0.2) is 0 Å². The van der Waals surface area contributed by atoms with Crippen LogP contribution in [-0.4, -0.2) is 11.8 Å². The summed E-state index contributed by atoms with van der Waals surface area (Å²) in [6.45, 7) is 0. The number of rotatable bonds is 5. The highest BCUT2D eigenvalue weighted by Gasteiger charge is 2.40. The van der Waals surface area contributed by atoms with Crippen molar-refractivity contribution in [2.45, 2.75) is 5.75 Å². The van der Waals surface area contributed by atoms with Crippen molar-refractivity contribution in [3.63, 3.8) is 0 Å². The Bertz CT molecular complexity index is 1080. The number of nitrogens with zero attached hydrogens (tertiary/aromatic N) is 1. The summed E-state index contributed by atoms with van der Waals surface area (Å²) in [5.74, 6) is 0.377. The monoisotopic (exact) mass is 429 g/mol. The number of imide groups is 1. The molecule has 1 aromatic heterocycles. The zero-order valence-corrected chi connectivity index (χ0v) is 16.7. The number of carbonyl (C=O) groups excluding carboxylic acids is 2. The Morgan fingerprint density at radius 3 is 2.36 bits per heavy atom. The van der Waals surface area contributed by atoms with E-state index in [1.165, 1.54) is 11.8 Å². The number of hydrogen-bond donors (Lipinski definition) is 0. The molecule has 4 rings (SSSR count). The smallest absolute Gasteiger partial charge is 0.272 e. The number of halogens is 2. The number of furan rings is 1. The third kappa shape index (κ3) is 3.61. The summed E-state index contributed by atoms with van der Waals surface area (Å²) in [6.07, 6.45) is 1.57. The second kappa shape index (κ2) is 7.87. The van der Waals surface area contributed by atoms with E-state index in [1.807, 2.05) is 6.07 Å². The SMILES string of the molecule is O=C1C(SCc2ccco2)=C(c2ccc(Cl)cc2)C(=O)N1c1cccc(Cl)c1. The van der Waals surface area contributed by atoms with E-state index < -0.39 is 5.91 Å². The maximum Gasteiger partial charge on any atom is 0.272 e. The summed E-state index contributed by atoms with van der Waals surface area (Å²) in [7, 11) is 0. The average molecular weight is 430 g/mol. The van der Waals surface area contributed by atoms with Crippen molar-refractivity contribution < 1.29 is 14.0 Å². The summed E-state index contributed by atoms with van der Waals surface area (Å²) >= 11 is 13.3. The standard InChI is InChI=1S/C21H13Cl2NO3S/c22-14-8-6-13(7-9-14)18-19(28-12-17-5-2-10-27-17)21(26)24(20(18)25)16-4-1-3-15(23)11-16/h1-11H,12H2. The molecule has 0 N–H and O–H groups in total. The number of anilines is 1. The molecule has 1 aliphatic rings. The van der Waals surface area contributed by atoms with E-state index in [9.17, 15) is 9.59 Å². The number of carbonyl (C=O) groups is 2. The third-order valence-electron chi connectivity index (χ3n) is 4.18. The zero-order chi connectivity index (χ0) is 19.7. The predicted octanol–water partition coefficient (Wildman–Crippen LogP) is 5.80. The molecule has 0 fully saturated rings. The van der Waals surface area contributed by atoms with Crippen LogP contribution in [-0.2, 0) is 15.3 Å². The van der Waals surface area contributed by atoms with Crippen molar-refractivity contribution >= 4 is 58.0 Å². The molecule has 2 heterocycles.